The van der Waals surface area contributed by atoms with Crippen LogP contribution in [-0.2, 0) is 0 Å². The van der Waals surface area contributed by atoms with Crippen LogP contribution in [0.1, 0.15) is 0 Å². The van der Waals surface area contributed by atoms with Gasteiger partial charge in [0.25, 0.3) is 0 Å². The average Bonchev–Trinajstić information content (AvgIpc) is 1.88. The maximum atomic E-state index is 5.61. The molecule has 0 aliphatic rings. The van der Waals surface area contributed by atoms with Gasteiger partial charge in [-0.15, -0.1) is 0 Å². The van der Waals surface area contributed by atoms with Crippen LogP contribution in [0.5, 0.6) is 5.75 Å². The fourth-order valence-corrected chi connectivity index (χ4v) is 0.711. The Hall–Kier alpha value is -0.690. The molecule has 47 valence electrons. The minimum absolute atomic E-state index is 0.648. The van der Waals surface area contributed by atoms with E-state index in [1.165, 1.54) is 0 Å². The summed E-state index contributed by atoms with van der Waals surface area (Å²) in [7, 11) is 1.60. The fourth-order valence-electron chi connectivity index (χ4n) is 0.540. The maximum Gasteiger partial charge on any atom is 0.120 e. The van der Waals surface area contributed by atoms with Gasteiger partial charge in [-0.05, 0) is 24.3 Å². The van der Waals surface area contributed by atoms with E-state index in [9.17, 15) is 0 Å². The number of rotatable bonds is 1. The first kappa shape index (κ1) is 6.43. The van der Waals surface area contributed by atoms with Crippen LogP contribution in [0, 0.1) is 6.07 Å². The van der Waals surface area contributed by atoms with Crippen molar-refractivity contribution in [1.82, 2.24) is 0 Å². The van der Waals surface area contributed by atoms with Crippen LogP contribution in [0.2, 0.25) is 5.02 Å². The molecule has 0 saturated carbocycles. The number of benzene rings is 1. The van der Waals surface area contributed by atoms with Crippen molar-refractivity contribution in [2.75, 3.05) is 7.11 Å². The molecule has 0 spiro atoms. The Bertz CT molecular complexity index is 198. The summed E-state index contributed by atoms with van der Waals surface area (Å²) < 4.78 is 4.88. The lowest BCUT2D eigenvalue weighted by Gasteiger charge is -1.96. The molecule has 0 aliphatic heterocycles. The molecule has 0 saturated heterocycles. The van der Waals surface area contributed by atoms with E-state index in [0.29, 0.717) is 5.02 Å². The Kier molecular flexibility index (Phi) is 1.96. The molecule has 1 aromatic carbocycles. The number of hydrogen-bond acceptors (Lipinski definition) is 1. The van der Waals surface area contributed by atoms with E-state index in [1.807, 2.05) is 0 Å². The Morgan fingerprint density at radius 3 is 2.78 bits per heavy atom. The van der Waals surface area contributed by atoms with Gasteiger partial charge in [-0.2, -0.15) is 0 Å². The van der Waals surface area contributed by atoms with E-state index in [2.05, 4.69) is 6.07 Å². The summed E-state index contributed by atoms with van der Waals surface area (Å²) in [5.74, 6) is 0.738. The minimum Gasteiger partial charge on any atom is -0.497 e. The van der Waals surface area contributed by atoms with Gasteiger partial charge in [-0.25, -0.2) is 0 Å². The molecule has 0 heterocycles. The zero-order chi connectivity index (χ0) is 6.69. The summed E-state index contributed by atoms with van der Waals surface area (Å²) in [6.45, 7) is 0. The lowest BCUT2D eigenvalue weighted by molar-refractivity contribution is 0.415. The normalized spacial score (nSPS) is 9.11. The van der Waals surface area contributed by atoms with Gasteiger partial charge < -0.3 is 4.74 Å². The van der Waals surface area contributed by atoms with Crippen molar-refractivity contribution < 1.29 is 4.74 Å². The molecular formula is C7H6ClO. The van der Waals surface area contributed by atoms with Crippen LogP contribution in [-0.4, -0.2) is 7.11 Å². The summed E-state index contributed by atoms with van der Waals surface area (Å²) in [4.78, 5) is 0. The van der Waals surface area contributed by atoms with E-state index < -0.39 is 0 Å². The van der Waals surface area contributed by atoms with Gasteiger partial charge in [0.05, 0.1) is 7.11 Å². The molecule has 0 unspecified atom stereocenters. The van der Waals surface area contributed by atoms with Crippen LogP contribution < -0.4 is 4.74 Å². The minimum atomic E-state index is 0.648. The van der Waals surface area contributed by atoms with Crippen molar-refractivity contribution in [1.29, 1.82) is 0 Å². The van der Waals surface area contributed by atoms with Crippen molar-refractivity contribution in [2.45, 2.75) is 0 Å². The number of halogens is 1. The molecule has 0 N–H and O–H groups in total. The molecule has 0 aliphatic carbocycles. The molecule has 1 rings (SSSR count). The fraction of sp³-hybridized carbons (Fsp3) is 0.143. The highest BCUT2D eigenvalue weighted by molar-refractivity contribution is 6.30. The standard InChI is InChI=1S/C7H6ClO/c1-9-7-4-2-3-6(8)5-7/h3-5H,1H3. The lowest BCUT2D eigenvalue weighted by Crippen LogP contribution is -1.80. The van der Waals surface area contributed by atoms with Gasteiger partial charge >= 0.3 is 0 Å². The van der Waals surface area contributed by atoms with Gasteiger partial charge in [-0.3, -0.25) is 0 Å². The van der Waals surface area contributed by atoms with E-state index in [4.69, 9.17) is 16.3 Å². The SMILES string of the molecule is COc1c[c]cc(Cl)c1. The number of ether oxygens (including phenoxy) is 1. The molecular weight excluding hydrogens is 136 g/mol. The molecule has 0 atom stereocenters. The van der Waals surface area contributed by atoms with Crippen molar-refractivity contribution in [3.63, 3.8) is 0 Å². The summed E-state index contributed by atoms with van der Waals surface area (Å²) in [6, 6.07) is 7.97. The van der Waals surface area contributed by atoms with E-state index in [-0.39, 0.29) is 0 Å². The zero-order valence-corrected chi connectivity index (χ0v) is 5.77. The maximum absolute atomic E-state index is 5.61. The highest BCUT2D eigenvalue weighted by Gasteiger charge is 1.89. The van der Waals surface area contributed by atoms with Gasteiger partial charge in [0.15, 0.2) is 0 Å². The third kappa shape index (κ3) is 1.61. The first-order valence-electron chi connectivity index (χ1n) is 2.53. The molecule has 0 amide bonds. The second kappa shape index (κ2) is 2.74. The Morgan fingerprint density at radius 1 is 1.56 bits per heavy atom. The highest BCUT2D eigenvalue weighted by atomic mass is 35.5. The van der Waals surface area contributed by atoms with Crippen LogP contribution in [0.15, 0.2) is 18.2 Å². The van der Waals surface area contributed by atoms with Gasteiger partial charge in [0.2, 0.25) is 0 Å². The smallest absolute Gasteiger partial charge is 0.120 e. The van der Waals surface area contributed by atoms with Crippen LogP contribution >= 0.6 is 11.6 Å². The number of hydrogen-bond donors (Lipinski definition) is 0. The van der Waals surface area contributed by atoms with E-state index >= 15 is 0 Å². The molecule has 1 radical (unpaired) electrons. The van der Waals surface area contributed by atoms with E-state index in [0.717, 1.165) is 5.75 Å². The Balaban J connectivity index is 2.94. The predicted molar refractivity (Wildman–Crippen MR) is 36.8 cm³/mol. The van der Waals surface area contributed by atoms with Crippen LogP contribution in [0.4, 0.5) is 0 Å². The Morgan fingerprint density at radius 2 is 2.33 bits per heavy atom. The monoisotopic (exact) mass is 141 g/mol. The summed E-state index contributed by atoms with van der Waals surface area (Å²) in [5.41, 5.74) is 0. The molecule has 2 heteroatoms. The second-order valence-corrected chi connectivity index (χ2v) is 2.03. The highest BCUT2D eigenvalue weighted by Crippen LogP contribution is 2.15. The molecule has 1 aromatic rings. The van der Waals surface area contributed by atoms with Crippen LogP contribution in [0.25, 0.3) is 0 Å². The van der Waals surface area contributed by atoms with Gasteiger partial charge in [0, 0.05) is 5.02 Å². The molecule has 9 heavy (non-hydrogen) atoms. The first-order chi connectivity index (χ1) is 4.33. The van der Waals surface area contributed by atoms with Crippen molar-refractivity contribution in [3.05, 3.63) is 29.3 Å². The van der Waals surface area contributed by atoms with Crippen molar-refractivity contribution in [2.24, 2.45) is 0 Å². The van der Waals surface area contributed by atoms with E-state index in [1.54, 1.807) is 25.3 Å². The average molecular weight is 142 g/mol. The zero-order valence-electron chi connectivity index (χ0n) is 5.02. The first-order valence-corrected chi connectivity index (χ1v) is 2.91. The predicted octanol–water partition coefficient (Wildman–Crippen LogP) is 2.15. The summed E-state index contributed by atoms with van der Waals surface area (Å²) in [6.07, 6.45) is 0. The van der Waals surface area contributed by atoms with Crippen LogP contribution in [0.3, 0.4) is 0 Å². The quantitative estimate of drug-likeness (QED) is 0.582. The largest absolute Gasteiger partial charge is 0.497 e. The van der Waals surface area contributed by atoms with Gasteiger partial charge in [0.1, 0.15) is 5.75 Å². The lowest BCUT2D eigenvalue weighted by atomic mass is 10.3. The summed E-state index contributed by atoms with van der Waals surface area (Å²) in [5, 5.41) is 0.648. The second-order valence-electron chi connectivity index (χ2n) is 1.59. The molecule has 0 aromatic heterocycles. The molecule has 0 bridgehead atoms. The van der Waals surface area contributed by atoms with Crippen molar-refractivity contribution in [3.8, 4) is 5.75 Å². The van der Waals surface area contributed by atoms with Gasteiger partial charge in [-0.1, -0.05) is 11.6 Å². The third-order valence-electron chi connectivity index (χ3n) is 0.963. The molecule has 0 fully saturated rings. The topological polar surface area (TPSA) is 9.23 Å². The van der Waals surface area contributed by atoms with Crippen molar-refractivity contribution >= 4 is 11.6 Å². The summed E-state index contributed by atoms with van der Waals surface area (Å²) >= 11 is 5.61. The Labute approximate surface area is 59.2 Å². The third-order valence-corrected chi connectivity index (χ3v) is 1.18. The number of methoxy groups -OCH3 is 1. The molecule has 1 nitrogen and oxygen atoms in total.